The van der Waals surface area contributed by atoms with E-state index < -0.39 is 0 Å². The Balaban J connectivity index is 2.38. The molecule has 64 valence electrons. The van der Waals surface area contributed by atoms with Crippen LogP contribution in [-0.4, -0.2) is 30.4 Å². The first-order valence-electron chi connectivity index (χ1n) is 3.98. The van der Waals surface area contributed by atoms with Crippen LogP contribution in [0.4, 0.5) is 0 Å². The van der Waals surface area contributed by atoms with Crippen LogP contribution in [0.5, 0.6) is 0 Å². The van der Waals surface area contributed by atoms with E-state index in [9.17, 15) is 4.79 Å². The fourth-order valence-electron chi connectivity index (χ4n) is 1.56. The van der Waals surface area contributed by atoms with Gasteiger partial charge in [-0.05, 0) is 6.08 Å². The molecule has 12 heavy (non-hydrogen) atoms. The molecule has 3 N–H and O–H groups in total. The van der Waals surface area contributed by atoms with Crippen molar-refractivity contribution in [2.45, 2.75) is 0 Å². The maximum atomic E-state index is 10.9. The number of nitrogens with one attached hydrogen (secondary N) is 1. The molecule has 0 radical (unpaired) electrons. The minimum absolute atomic E-state index is 0.361. The number of primary amides is 1. The van der Waals surface area contributed by atoms with Gasteiger partial charge in [0.15, 0.2) is 0 Å². The second-order valence-electron chi connectivity index (χ2n) is 2.90. The molecular weight excluding hydrogens is 154 g/mol. The third-order valence-corrected chi connectivity index (χ3v) is 2.12. The molecule has 4 nitrogen and oxygen atoms in total. The largest absolute Gasteiger partial charge is 0.369 e. The van der Waals surface area contributed by atoms with E-state index in [4.69, 9.17) is 5.73 Å². The third-order valence-electron chi connectivity index (χ3n) is 2.12. The number of nitrogens with two attached hydrogens (primary N) is 1. The normalized spacial score (nSPS) is 20.8. The summed E-state index contributed by atoms with van der Waals surface area (Å²) in [5.74, 6) is 0.533. The van der Waals surface area contributed by atoms with E-state index >= 15 is 0 Å². The lowest BCUT2D eigenvalue weighted by Gasteiger charge is -2.21. The van der Waals surface area contributed by atoms with Crippen LogP contribution in [0.2, 0.25) is 0 Å². The summed E-state index contributed by atoms with van der Waals surface area (Å²) in [6, 6.07) is 0. The molecule has 0 spiro atoms. The summed E-state index contributed by atoms with van der Waals surface area (Å²) in [5, 5.41) is 3.14. The molecule has 0 aromatic heterocycles. The Labute approximate surface area is 70.7 Å². The van der Waals surface area contributed by atoms with Gasteiger partial charge in [0.05, 0.1) is 5.57 Å². The average molecular weight is 165 g/mol. The van der Waals surface area contributed by atoms with Crippen LogP contribution in [0, 0.1) is 0 Å². The number of rotatable bonds is 1. The summed E-state index contributed by atoms with van der Waals surface area (Å²) < 4.78 is 0. The van der Waals surface area contributed by atoms with E-state index in [0.717, 1.165) is 25.5 Å². The zero-order valence-corrected chi connectivity index (χ0v) is 6.71. The van der Waals surface area contributed by atoms with Crippen LogP contribution in [0.25, 0.3) is 0 Å². The van der Waals surface area contributed by atoms with E-state index in [0.29, 0.717) is 5.57 Å². The summed E-state index contributed by atoms with van der Waals surface area (Å²) >= 11 is 0. The molecule has 2 heterocycles. The predicted molar refractivity (Wildman–Crippen MR) is 44.9 cm³/mol. The van der Waals surface area contributed by atoms with Gasteiger partial charge in [-0.15, -0.1) is 0 Å². The second kappa shape index (κ2) is 2.55. The number of amides is 1. The molecule has 2 rings (SSSR count). The summed E-state index contributed by atoms with van der Waals surface area (Å²) in [6.07, 6.45) is 3.74. The second-order valence-corrected chi connectivity index (χ2v) is 2.90. The zero-order chi connectivity index (χ0) is 8.55. The highest BCUT2D eigenvalue weighted by Gasteiger charge is 2.23. The Morgan fingerprint density at radius 1 is 1.67 bits per heavy atom. The molecule has 1 amide bonds. The fraction of sp³-hybridized carbons (Fsp3) is 0.375. The predicted octanol–water partition coefficient (Wildman–Crippen LogP) is -0.842. The van der Waals surface area contributed by atoms with Crippen LogP contribution in [0.3, 0.4) is 0 Å². The van der Waals surface area contributed by atoms with Crippen molar-refractivity contribution in [3.8, 4) is 0 Å². The van der Waals surface area contributed by atoms with Crippen molar-refractivity contribution in [1.82, 2.24) is 10.2 Å². The number of fused-ring (bicyclic) bond motifs is 1. The molecule has 4 heteroatoms. The summed E-state index contributed by atoms with van der Waals surface area (Å²) in [6.45, 7) is 2.73. The molecular formula is C8H11N3O. The van der Waals surface area contributed by atoms with Crippen molar-refractivity contribution in [2.24, 2.45) is 5.73 Å². The van der Waals surface area contributed by atoms with Crippen molar-refractivity contribution in [1.29, 1.82) is 0 Å². The van der Waals surface area contributed by atoms with Gasteiger partial charge in [-0.1, -0.05) is 6.08 Å². The maximum absolute atomic E-state index is 10.9. The number of hydrogen-bond donors (Lipinski definition) is 2. The molecule has 0 bridgehead atoms. The molecule has 0 saturated carbocycles. The minimum Gasteiger partial charge on any atom is -0.369 e. The van der Waals surface area contributed by atoms with Gasteiger partial charge < -0.3 is 16.0 Å². The lowest BCUT2D eigenvalue weighted by atomic mass is 10.2. The van der Waals surface area contributed by atoms with E-state index in [1.165, 1.54) is 0 Å². The molecule has 0 unspecified atom stereocenters. The van der Waals surface area contributed by atoms with Gasteiger partial charge in [-0.25, -0.2) is 0 Å². The quantitative estimate of drug-likeness (QED) is 0.532. The van der Waals surface area contributed by atoms with Crippen molar-refractivity contribution >= 4 is 5.91 Å². The lowest BCUT2D eigenvalue weighted by molar-refractivity contribution is -0.114. The van der Waals surface area contributed by atoms with Gasteiger partial charge >= 0.3 is 0 Å². The average Bonchev–Trinajstić information content (AvgIpc) is 2.49. The summed E-state index contributed by atoms with van der Waals surface area (Å²) in [7, 11) is 0. The van der Waals surface area contributed by atoms with Crippen LogP contribution in [-0.2, 0) is 4.79 Å². The van der Waals surface area contributed by atoms with E-state index in [1.54, 1.807) is 6.08 Å². The van der Waals surface area contributed by atoms with E-state index in [2.05, 4.69) is 10.2 Å². The Hall–Kier alpha value is -1.45. The Kier molecular flexibility index (Phi) is 1.53. The number of nitrogens with zero attached hydrogens (tertiary/aromatic N) is 1. The van der Waals surface area contributed by atoms with Gasteiger partial charge in [-0.3, -0.25) is 4.79 Å². The van der Waals surface area contributed by atoms with Gasteiger partial charge in [-0.2, -0.15) is 0 Å². The molecule has 0 aromatic rings. The fourth-order valence-corrected chi connectivity index (χ4v) is 1.56. The standard InChI is InChI=1S/C8H11N3O/c9-7(12)6-2-1-4-11-5-3-10-8(6)11/h1-2,10H,3-5H2,(H2,9,12). The SMILES string of the molecule is NC(=O)C1=C2NCCN2CC=C1. The third kappa shape index (κ3) is 0.958. The van der Waals surface area contributed by atoms with Crippen molar-refractivity contribution in [3.63, 3.8) is 0 Å². The van der Waals surface area contributed by atoms with Crippen LogP contribution < -0.4 is 11.1 Å². The van der Waals surface area contributed by atoms with Crippen LogP contribution >= 0.6 is 0 Å². The van der Waals surface area contributed by atoms with Crippen molar-refractivity contribution in [3.05, 3.63) is 23.5 Å². The first-order valence-corrected chi connectivity index (χ1v) is 3.98. The van der Waals surface area contributed by atoms with Gasteiger partial charge in [0, 0.05) is 19.6 Å². The highest BCUT2D eigenvalue weighted by molar-refractivity contribution is 5.95. The van der Waals surface area contributed by atoms with E-state index in [-0.39, 0.29) is 5.91 Å². The van der Waals surface area contributed by atoms with Gasteiger partial charge in [0.25, 0.3) is 5.91 Å². The first kappa shape index (κ1) is 7.21. The molecule has 2 aliphatic rings. The number of carbonyl (C=O) groups is 1. The van der Waals surface area contributed by atoms with Gasteiger partial charge in [0.2, 0.25) is 0 Å². The monoisotopic (exact) mass is 165 g/mol. The van der Waals surface area contributed by atoms with Gasteiger partial charge in [0.1, 0.15) is 5.82 Å². The van der Waals surface area contributed by atoms with Crippen LogP contribution in [0.15, 0.2) is 23.5 Å². The van der Waals surface area contributed by atoms with Crippen molar-refractivity contribution < 1.29 is 4.79 Å². The number of hydrogen-bond acceptors (Lipinski definition) is 3. The topological polar surface area (TPSA) is 58.4 Å². The maximum Gasteiger partial charge on any atom is 0.252 e. The Morgan fingerprint density at radius 3 is 3.25 bits per heavy atom. The molecule has 1 saturated heterocycles. The molecule has 0 aromatic carbocycles. The summed E-state index contributed by atoms with van der Waals surface area (Å²) in [4.78, 5) is 13.1. The van der Waals surface area contributed by atoms with Crippen LogP contribution in [0.1, 0.15) is 0 Å². The molecule has 0 aliphatic carbocycles. The zero-order valence-electron chi connectivity index (χ0n) is 6.71. The Morgan fingerprint density at radius 2 is 2.50 bits per heavy atom. The first-order chi connectivity index (χ1) is 5.79. The molecule has 0 atom stereocenters. The molecule has 2 aliphatic heterocycles. The van der Waals surface area contributed by atoms with E-state index in [1.807, 2.05) is 6.08 Å². The highest BCUT2D eigenvalue weighted by atomic mass is 16.1. The smallest absolute Gasteiger partial charge is 0.252 e. The molecule has 1 fully saturated rings. The minimum atomic E-state index is -0.361. The highest BCUT2D eigenvalue weighted by Crippen LogP contribution is 2.17. The summed E-state index contributed by atoms with van der Waals surface area (Å²) in [5.41, 5.74) is 5.80. The Bertz CT molecular complexity index is 280. The van der Waals surface area contributed by atoms with Crippen molar-refractivity contribution in [2.75, 3.05) is 19.6 Å². The number of carbonyl (C=O) groups excluding carboxylic acids is 1. The lowest BCUT2D eigenvalue weighted by Crippen LogP contribution is -2.28.